The molecule has 1 amide bonds. The van der Waals surface area contributed by atoms with Gasteiger partial charge in [-0.3, -0.25) is 9.78 Å². The predicted molar refractivity (Wildman–Crippen MR) is 162 cm³/mol. The Morgan fingerprint density at radius 2 is 1.89 bits per heavy atom. The van der Waals surface area contributed by atoms with Crippen molar-refractivity contribution in [2.75, 3.05) is 49.3 Å². The number of alkyl halides is 1. The molecule has 0 unspecified atom stereocenters. The lowest BCUT2D eigenvalue weighted by Crippen LogP contribution is -2.36. The predicted octanol–water partition coefficient (Wildman–Crippen LogP) is 3.87. The van der Waals surface area contributed by atoms with Gasteiger partial charge in [-0.05, 0) is 54.8 Å². The van der Waals surface area contributed by atoms with Crippen molar-refractivity contribution in [3.8, 4) is 5.75 Å². The molecule has 3 aliphatic heterocycles. The Labute approximate surface area is 258 Å². The molecular weight excluding hydrogens is 606 g/mol. The fourth-order valence-electron chi connectivity index (χ4n) is 5.83. The first-order valence-corrected chi connectivity index (χ1v) is 16.3. The van der Waals surface area contributed by atoms with Gasteiger partial charge < -0.3 is 24.6 Å². The van der Waals surface area contributed by atoms with E-state index >= 15 is 0 Å². The highest BCUT2D eigenvalue weighted by atomic mass is 32.2. The number of morpholine rings is 1. The summed E-state index contributed by atoms with van der Waals surface area (Å²) < 4.78 is 64.7. The fraction of sp³-hybridized carbons (Fsp3) is 0.355. The number of nitrogens with one attached hydrogen (secondary N) is 1. The van der Waals surface area contributed by atoms with Gasteiger partial charge in [-0.15, -0.1) is 0 Å². The molecule has 7 rings (SSSR count). The first-order valence-electron chi connectivity index (χ1n) is 14.8. The third-order valence-corrected chi connectivity index (χ3v) is 10.0. The lowest BCUT2D eigenvalue weighted by Gasteiger charge is -2.32. The van der Waals surface area contributed by atoms with E-state index in [1.165, 1.54) is 5.56 Å². The Balaban J connectivity index is 1.10. The maximum absolute atomic E-state index is 14.7. The fourth-order valence-corrected chi connectivity index (χ4v) is 7.22. The number of carbonyl (C=O) groups excluding carboxylic acids is 1. The second kappa shape index (κ2) is 11.8. The summed E-state index contributed by atoms with van der Waals surface area (Å²) in [7, 11) is -4.51. The van der Waals surface area contributed by atoms with E-state index in [1.54, 1.807) is 12.3 Å². The quantitative estimate of drug-likeness (QED) is 0.345. The molecule has 0 spiro atoms. The number of benzene rings is 1. The number of nitrogens with zero attached hydrogens (tertiary/aromatic N) is 5. The molecule has 3 aliphatic rings. The molecule has 3 aromatic heterocycles. The van der Waals surface area contributed by atoms with E-state index in [2.05, 4.69) is 26.2 Å². The summed E-state index contributed by atoms with van der Waals surface area (Å²) in [5.74, 6) is -0.754. The highest BCUT2D eigenvalue weighted by Gasteiger charge is 2.35. The van der Waals surface area contributed by atoms with Crippen molar-refractivity contribution in [3.05, 3.63) is 71.4 Å². The molecule has 14 heteroatoms. The van der Waals surface area contributed by atoms with Gasteiger partial charge in [0.25, 0.3) is 5.91 Å². The second-order valence-electron chi connectivity index (χ2n) is 11.1. The van der Waals surface area contributed by atoms with E-state index in [-0.39, 0.29) is 18.7 Å². The van der Waals surface area contributed by atoms with Crippen molar-refractivity contribution in [2.24, 2.45) is 0 Å². The summed E-state index contributed by atoms with van der Waals surface area (Å²) in [6.45, 7) is 3.53. The first-order chi connectivity index (χ1) is 21.8. The number of anilines is 3. The summed E-state index contributed by atoms with van der Waals surface area (Å²) in [6, 6.07) is 9.64. The zero-order valence-electron chi connectivity index (χ0n) is 24.2. The van der Waals surface area contributed by atoms with Crippen molar-refractivity contribution < 1.29 is 31.5 Å². The van der Waals surface area contributed by atoms with Gasteiger partial charge in [-0.25, -0.2) is 27.2 Å². The molecule has 0 bridgehead atoms. The molecule has 0 saturated carbocycles. The number of rotatable bonds is 5. The van der Waals surface area contributed by atoms with Crippen molar-refractivity contribution >= 4 is 44.0 Å². The standard InChI is InChI=1S/C31H30F2N6O5S/c32-24-13-21(14-26-29(24)44-9-5-27(33)45(26,41)42)31(40)36-17-22-15-25-20(16-34-22)3-4-28(37-25)39-6-1-2-19-12-23(18-35-30(19)39)38-7-10-43-11-8-38/h3-4,12-16,18,27H,1-2,5-11,17H2,(H,36,40)/t27-/m1/s1. The Hall–Kier alpha value is -4.43. The van der Waals surface area contributed by atoms with Gasteiger partial charge >= 0.3 is 0 Å². The highest BCUT2D eigenvalue weighted by molar-refractivity contribution is 7.92. The van der Waals surface area contributed by atoms with Crippen LogP contribution in [-0.4, -0.2) is 74.2 Å². The minimum Gasteiger partial charge on any atom is -0.489 e. The molecule has 1 atom stereocenters. The zero-order valence-corrected chi connectivity index (χ0v) is 25.0. The SMILES string of the molecule is O=C(NCc1cc2nc(N3CCCc4cc(N5CCOCC5)cnc43)ccc2cn1)c1cc(F)c2c(c1)S(=O)(=O)[C@@H](F)CCO2. The molecule has 4 aromatic rings. The summed E-state index contributed by atoms with van der Waals surface area (Å²) in [5, 5.41) is 3.44. The van der Waals surface area contributed by atoms with E-state index in [9.17, 15) is 22.0 Å². The van der Waals surface area contributed by atoms with Crippen LogP contribution in [0.2, 0.25) is 0 Å². The van der Waals surface area contributed by atoms with Gasteiger partial charge in [0.15, 0.2) is 11.6 Å². The maximum atomic E-state index is 14.7. The molecule has 45 heavy (non-hydrogen) atoms. The van der Waals surface area contributed by atoms with Crippen LogP contribution in [0.5, 0.6) is 5.75 Å². The molecule has 1 fully saturated rings. The van der Waals surface area contributed by atoms with Crippen LogP contribution in [0.1, 0.15) is 34.5 Å². The van der Waals surface area contributed by atoms with E-state index in [0.717, 1.165) is 67.3 Å². The highest BCUT2D eigenvalue weighted by Crippen LogP contribution is 2.36. The monoisotopic (exact) mass is 636 g/mol. The molecule has 1 aromatic carbocycles. The number of aromatic nitrogens is 3. The van der Waals surface area contributed by atoms with Gasteiger partial charge in [-0.2, -0.15) is 0 Å². The molecule has 6 heterocycles. The minimum atomic E-state index is -4.51. The number of amides is 1. The van der Waals surface area contributed by atoms with Crippen LogP contribution < -0.4 is 19.9 Å². The molecule has 1 saturated heterocycles. The number of fused-ring (bicyclic) bond motifs is 3. The lowest BCUT2D eigenvalue weighted by molar-refractivity contribution is 0.0949. The molecule has 11 nitrogen and oxygen atoms in total. The number of ether oxygens (including phenoxy) is 2. The third kappa shape index (κ3) is 5.63. The molecule has 234 valence electrons. The van der Waals surface area contributed by atoms with Crippen LogP contribution in [0.15, 0.2) is 53.7 Å². The van der Waals surface area contributed by atoms with Crippen LogP contribution in [0.4, 0.5) is 26.1 Å². The average molecular weight is 637 g/mol. The summed E-state index contributed by atoms with van der Waals surface area (Å²) in [6.07, 6.45) is 5.01. The number of halogens is 2. The largest absolute Gasteiger partial charge is 0.489 e. The van der Waals surface area contributed by atoms with E-state index in [4.69, 9.17) is 19.4 Å². The van der Waals surface area contributed by atoms with Crippen LogP contribution in [0.3, 0.4) is 0 Å². The maximum Gasteiger partial charge on any atom is 0.251 e. The van der Waals surface area contributed by atoms with Gasteiger partial charge in [0, 0.05) is 43.2 Å². The van der Waals surface area contributed by atoms with Gasteiger partial charge in [0.05, 0.1) is 49.5 Å². The molecular formula is C31H30F2N6O5S. The van der Waals surface area contributed by atoms with Crippen molar-refractivity contribution in [2.45, 2.75) is 36.2 Å². The smallest absolute Gasteiger partial charge is 0.251 e. The minimum absolute atomic E-state index is 0.0349. The first kappa shape index (κ1) is 29.3. The summed E-state index contributed by atoms with van der Waals surface area (Å²) in [4.78, 5) is 30.8. The normalized spacial score (nSPS) is 19.3. The summed E-state index contributed by atoms with van der Waals surface area (Å²) in [5.41, 5.74) is 0.887. The summed E-state index contributed by atoms with van der Waals surface area (Å²) >= 11 is 0. The average Bonchev–Trinajstić information content (AvgIpc) is 3.18. The van der Waals surface area contributed by atoms with Gasteiger partial charge in [0.1, 0.15) is 16.5 Å². The number of pyridine rings is 3. The Bertz CT molecular complexity index is 1900. The van der Waals surface area contributed by atoms with Crippen LogP contribution in [0, 0.1) is 5.82 Å². The van der Waals surface area contributed by atoms with Crippen LogP contribution >= 0.6 is 0 Å². The number of sulfone groups is 1. The van der Waals surface area contributed by atoms with Crippen LogP contribution in [-0.2, 0) is 27.5 Å². The van der Waals surface area contributed by atoms with Gasteiger partial charge in [-0.1, -0.05) is 0 Å². The van der Waals surface area contributed by atoms with Gasteiger partial charge in [0.2, 0.25) is 15.3 Å². The Morgan fingerprint density at radius 1 is 1.04 bits per heavy atom. The van der Waals surface area contributed by atoms with E-state index in [0.29, 0.717) is 24.4 Å². The molecule has 0 aliphatic carbocycles. The van der Waals surface area contributed by atoms with Crippen molar-refractivity contribution in [1.29, 1.82) is 0 Å². The molecule has 1 N–H and O–H groups in total. The Morgan fingerprint density at radius 3 is 2.73 bits per heavy atom. The van der Waals surface area contributed by atoms with Crippen molar-refractivity contribution in [1.82, 2.24) is 20.3 Å². The number of aryl methyl sites for hydroxylation is 1. The zero-order chi connectivity index (χ0) is 31.1. The van der Waals surface area contributed by atoms with Crippen molar-refractivity contribution in [3.63, 3.8) is 0 Å². The lowest BCUT2D eigenvalue weighted by atomic mass is 10.0. The van der Waals surface area contributed by atoms with Crippen LogP contribution in [0.25, 0.3) is 10.9 Å². The molecule has 0 radical (unpaired) electrons. The third-order valence-electron chi connectivity index (χ3n) is 8.22. The van der Waals surface area contributed by atoms with E-state index in [1.807, 2.05) is 18.3 Å². The Kier molecular flexibility index (Phi) is 7.69. The topological polar surface area (TPSA) is 127 Å². The number of hydrogen-bond acceptors (Lipinski definition) is 10. The number of hydrogen-bond donors (Lipinski definition) is 1. The second-order valence-corrected chi connectivity index (χ2v) is 13.2. The van der Waals surface area contributed by atoms with E-state index < -0.39 is 44.1 Å². The number of carbonyl (C=O) groups is 1.